The van der Waals surface area contributed by atoms with Gasteiger partial charge in [-0.3, -0.25) is 0 Å². The highest BCUT2D eigenvalue weighted by Gasteiger charge is 2.34. The van der Waals surface area contributed by atoms with Crippen LogP contribution in [0, 0.1) is 18.8 Å². The molecule has 6 heteroatoms. The van der Waals surface area contributed by atoms with Gasteiger partial charge in [-0.1, -0.05) is 13.8 Å². The lowest BCUT2D eigenvalue weighted by Gasteiger charge is -2.34. The molecule has 5 nitrogen and oxygen atoms in total. The number of hydrogen-bond acceptors (Lipinski definition) is 4. The van der Waals surface area contributed by atoms with Gasteiger partial charge in [-0.15, -0.1) is 0 Å². The third-order valence-electron chi connectivity index (χ3n) is 4.13. The quantitative estimate of drug-likeness (QED) is 0.853. The second-order valence-corrected chi connectivity index (χ2v) is 8.15. The summed E-state index contributed by atoms with van der Waals surface area (Å²) < 4.78 is 38.2. The Morgan fingerprint density at radius 3 is 2.09 bits per heavy atom. The maximum atomic E-state index is 13.0. The molecule has 1 aliphatic heterocycles. The van der Waals surface area contributed by atoms with Crippen molar-refractivity contribution in [3.8, 4) is 11.5 Å². The molecule has 0 amide bonds. The highest BCUT2D eigenvalue weighted by Crippen LogP contribution is 2.35. The van der Waals surface area contributed by atoms with Crippen LogP contribution in [-0.2, 0) is 10.0 Å². The second kappa shape index (κ2) is 6.46. The standard InChI is InChI=1S/C16H25NO4S/c1-11-6-12(2)10-17(9-11)22(18,19)16-8-14(20-4)13(3)7-15(16)21-5/h7-8,11-12H,6,9-10H2,1-5H3/t11-,12-/m1/s1. The van der Waals surface area contributed by atoms with Gasteiger partial charge in [0.25, 0.3) is 0 Å². The van der Waals surface area contributed by atoms with Gasteiger partial charge < -0.3 is 9.47 Å². The molecule has 0 aromatic heterocycles. The molecule has 1 aliphatic rings. The molecule has 0 spiro atoms. The zero-order valence-electron chi connectivity index (χ0n) is 13.9. The molecular weight excluding hydrogens is 302 g/mol. The zero-order chi connectivity index (χ0) is 16.5. The van der Waals surface area contributed by atoms with E-state index in [0.717, 1.165) is 12.0 Å². The third-order valence-corrected chi connectivity index (χ3v) is 5.99. The molecule has 1 aromatic rings. The van der Waals surface area contributed by atoms with Crippen LogP contribution in [0.3, 0.4) is 0 Å². The molecule has 0 saturated carbocycles. The van der Waals surface area contributed by atoms with Crippen LogP contribution in [-0.4, -0.2) is 40.0 Å². The number of nitrogens with zero attached hydrogens (tertiary/aromatic N) is 1. The molecule has 0 unspecified atom stereocenters. The fourth-order valence-corrected chi connectivity index (χ4v) is 5.00. The van der Waals surface area contributed by atoms with Crippen molar-refractivity contribution in [2.45, 2.75) is 32.1 Å². The highest BCUT2D eigenvalue weighted by molar-refractivity contribution is 7.89. The average molecular weight is 327 g/mol. The number of rotatable bonds is 4. The van der Waals surface area contributed by atoms with Crippen molar-refractivity contribution < 1.29 is 17.9 Å². The van der Waals surface area contributed by atoms with Gasteiger partial charge in [-0.25, -0.2) is 8.42 Å². The molecule has 1 aromatic carbocycles. The first-order valence-electron chi connectivity index (χ1n) is 7.52. The summed E-state index contributed by atoms with van der Waals surface area (Å²) in [5.41, 5.74) is 0.846. The van der Waals surface area contributed by atoms with E-state index >= 15 is 0 Å². The van der Waals surface area contributed by atoms with Crippen LogP contribution in [0.15, 0.2) is 17.0 Å². The monoisotopic (exact) mass is 327 g/mol. The van der Waals surface area contributed by atoms with Gasteiger partial charge >= 0.3 is 0 Å². The van der Waals surface area contributed by atoms with Gasteiger partial charge in [0.15, 0.2) is 0 Å². The molecule has 2 rings (SSSR count). The van der Waals surface area contributed by atoms with E-state index in [2.05, 4.69) is 13.8 Å². The van der Waals surface area contributed by atoms with Crippen LogP contribution in [0.1, 0.15) is 25.8 Å². The van der Waals surface area contributed by atoms with Crippen LogP contribution >= 0.6 is 0 Å². The smallest absolute Gasteiger partial charge is 0.246 e. The topological polar surface area (TPSA) is 55.8 Å². The predicted octanol–water partition coefficient (Wildman–Crippen LogP) is 2.68. The molecule has 0 bridgehead atoms. The van der Waals surface area contributed by atoms with Crippen molar-refractivity contribution in [2.75, 3.05) is 27.3 Å². The molecule has 0 radical (unpaired) electrons. The Morgan fingerprint density at radius 2 is 1.59 bits per heavy atom. The Bertz CT molecular complexity index is 632. The third kappa shape index (κ3) is 3.22. The number of hydrogen-bond donors (Lipinski definition) is 0. The zero-order valence-corrected chi connectivity index (χ0v) is 14.7. The molecule has 1 saturated heterocycles. The summed E-state index contributed by atoms with van der Waals surface area (Å²) in [5.74, 6) is 1.63. The fourth-order valence-electron chi connectivity index (χ4n) is 3.17. The SMILES string of the molecule is COc1cc(S(=O)(=O)N2C[C@H](C)C[C@@H](C)C2)c(OC)cc1C. The first-order valence-corrected chi connectivity index (χ1v) is 8.96. The van der Waals surface area contributed by atoms with Crippen LogP contribution in [0.5, 0.6) is 11.5 Å². The maximum absolute atomic E-state index is 13.0. The molecule has 1 heterocycles. The molecule has 0 aliphatic carbocycles. The van der Waals surface area contributed by atoms with Gasteiger partial charge in [-0.2, -0.15) is 4.31 Å². The number of methoxy groups -OCH3 is 2. The van der Waals surface area contributed by atoms with E-state index in [0.29, 0.717) is 36.4 Å². The molecule has 2 atom stereocenters. The average Bonchev–Trinajstić information content (AvgIpc) is 2.45. The molecule has 1 fully saturated rings. The van der Waals surface area contributed by atoms with Crippen molar-refractivity contribution in [1.82, 2.24) is 4.31 Å². The summed E-state index contributed by atoms with van der Waals surface area (Å²) in [7, 11) is -0.566. The molecule has 124 valence electrons. The van der Waals surface area contributed by atoms with E-state index in [1.165, 1.54) is 14.2 Å². The van der Waals surface area contributed by atoms with Gasteiger partial charge in [0.2, 0.25) is 10.0 Å². The van der Waals surface area contributed by atoms with Crippen molar-refractivity contribution in [3.63, 3.8) is 0 Å². The highest BCUT2D eigenvalue weighted by atomic mass is 32.2. The van der Waals surface area contributed by atoms with E-state index in [4.69, 9.17) is 9.47 Å². The van der Waals surface area contributed by atoms with Gasteiger partial charge in [0, 0.05) is 19.2 Å². The summed E-state index contributed by atoms with van der Waals surface area (Å²) in [4.78, 5) is 0.179. The van der Waals surface area contributed by atoms with Crippen LogP contribution < -0.4 is 9.47 Å². The van der Waals surface area contributed by atoms with E-state index in [-0.39, 0.29) is 4.90 Å². The maximum Gasteiger partial charge on any atom is 0.246 e. The van der Waals surface area contributed by atoms with Gasteiger partial charge in [0.1, 0.15) is 16.4 Å². The summed E-state index contributed by atoms with van der Waals surface area (Å²) in [6.45, 7) is 7.14. The number of ether oxygens (including phenoxy) is 2. The Balaban J connectivity index is 2.48. The van der Waals surface area contributed by atoms with Crippen LogP contribution in [0.4, 0.5) is 0 Å². The summed E-state index contributed by atoms with van der Waals surface area (Å²) in [6, 6.07) is 3.27. The van der Waals surface area contributed by atoms with Crippen molar-refractivity contribution >= 4 is 10.0 Å². The normalized spacial score (nSPS) is 23.3. The van der Waals surface area contributed by atoms with Crippen molar-refractivity contribution in [2.24, 2.45) is 11.8 Å². The summed E-state index contributed by atoms with van der Waals surface area (Å²) in [6.07, 6.45) is 1.06. The number of benzene rings is 1. The van der Waals surface area contributed by atoms with Crippen LogP contribution in [0.25, 0.3) is 0 Å². The summed E-state index contributed by atoms with van der Waals surface area (Å²) >= 11 is 0. The van der Waals surface area contributed by atoms with Gasteiger partial charge in [-0.05, 0) is 36.8 Å². The van der Waals surface area contributed by atoms with E-state index < -0.39 is 10.0 Å². The second-order valence-electron chi connectivity index (χ2n) is 6.24. The predicted molar refractivity (Wildman–Crippen MR) is 86.0 cm³/mol. The van der Waals surface area contributed by atoms with Crippen LogP contribution in [0.2, 0.25) is 0 Å². The summed E-state index contributed by atoms with van der Waals surface area (Å²) in [5, 5.41) is 0. The largest absolute Gasteiger partial charge is 0.496 e. The Hall–Kier alpha value is -1.27. The number of aryl methyl sites for hydroxylation is 1. The first-order chi connectivity index (χ1) is 10.3. The Kier molecular flexibility index (Phi) is 5.02. The number of sulfonamides is 1. The van der Waals surface area contributed by atoms with Crippen molar-refractivity contribution in [1.29, 1.82) is 0 Å². The fraction of sp³-hybridized carbons (Fsp3) is 0.625. The van der Waals surface area contributed by atoms with E-state index in [9.17, 15) is 8.42 Å². The van der Waals surface area contributed by atoms with Gasteiger partial charge in [0.05, 0.1) is 14.2 Å². The Labute approximate surface area is 133 Å². The lowest BCUT2D eigenvalue weighted by Crippen LogP contribution is -2.42. The molecule has 22 heavy (non-hydrogen) atoms. The molecule has 0 N–H and O–H groups in total. The van der Waals surface area contributed by atoms with E-state index in [1.807, 2.05) is 6.92 Å². The minimum atomic E-state index is -3.59. The minimum absolute atomic E-state index is 0.179. The number of piperidine rings is 1. The van der Waals surface area contributed by atoms with Crippen molar-refractivity contribution in [3.05, 3.63) is 17.7 Å². The lowest BCUT2D eigenvalue weighted by atomic mass is 9.94. The minimum Gasteiger partial charge on any atom is -0.496 e. The lowest BCUT2D eigenvalue weighted by molar-refractivity contribution is 0.222. The first kappa shape index (κ1) is 17.1. The molecular formula is C16H25NO4S. The Morgan fingerprint density at radius 1 is 1.05 bits per heavy atom. The van der Waals surface area contributed by atoms with E-state index in [1.54, 1.807) is 16.4 Å².